The van der Waals surface area contributed by atoms with Crippen LogP contribution in [-0.4, -0.2) is 10.9 Å². The van der Waals surface area contributed by atoms with Gasteiger partial charge in [-0.1, -0.05) is 76.2 Å². The summed E-state index contributed by atoms with van der Waals surface area (Å²) in [6.07, 6.45) is 8.56. The first-order valence-electron chi connectivity index (χ1n) is 11.9. The number of benzene rings is 2. The molecule has 0 aliphatic heterocycles. The average Bonchev–Trinajstić information content (AvgIpc) is 3.49. The van der Waals surface area contributed by atoms with E-state index in [1.807, 2.05) is 0 Å². The maximum Gasteiger partial charge on any atom is 0.162 e. The summed E-state index contributed by atoms with van der Waals surface area (Å²) in [5.74, 6) is 0.372. The maximum absolute atomic E-state index is 12.0. The molecule has 5 rings (SSSR count). The SMILES string of the molecule is Cc1cc2c(cc1C1(c3ccc(CC4=C(O)CCC4=O)cc3)CC1)C(C)(C)C=CC2(C)C. The van der Waals surface area contributed by atoms with E-state index in [0.717, 1.165) is 5.56 Å². The Morgan fingerprint density at radius 3 is 1.97 bits per heavy atom. The molecular formula is C30H34O2. The fourth-order valence-corrected chi connectivity index (χ4v) is 5.77. The van der Waals surface area contributed by atoms with Gasteiger partial charge in [-0.25, -0.2) is 0 Å². The number of carbonyl (C=O) groups is 1. The summed E-state index contributed by atoms with van der Waals surface area (Å²) in [7, 11) is 0. The predicted octanol–water partition coefficient (Wildman–Crippen LogP) is 6.92. The van der Waals surface area contributed by atoms with Crippen molar-refractivity contribution in [2.24, 2.45) is 0 Å². The number of fused-ring (bicyclic) bond motifs is 1. The molecule has 0 atom stereocenters. The van der Waals surface area contributed by atoms with E-state index in [4.69, 9.17) is 0 Å². The molecule has 2 aromatic carbocycles. The topological polar surface area (TPSA) is 37.3 Å². The van der Waals surface area contributed by atoms with Crippen molar-refractivity contribution in [3.05, 3.63) is 93.3 Å². The van der Waals surface area contributed by atoms with Crippen LogP contribution in [0.3, 0.4) is 0 Å². The number of aliphatic hydroxyl groups is 1. The van der Waals surface area contributed by atoms with Gasteiger partial charge in [-0.2, -0.15) is 0 Å². The zero-order valence-electron chi connectivity index (χ0n) is 20.0. The van der Waals surface area contributed by atoms with Crippen molar-refractivity contribution in [3.8, 4) is 0 Å². The van der Waals surface area contributed by atoms with Crippen molar-refractivity contribution >= 4 is 5.78 Å². The Morgan fingerprint density at radius 2 is 1.44 bits per heavy atom. The Balaban J connectivity index is 1.50. The van der Waals surface area contributed by atoms with Gasteiger partial charge in [0.15, 0.2) is 5.78 Å². The molecule has 0 spiro atoms. The molecule has 2 heteroatoms. The van der Waals surface area contributed by atoms with Crippen molar-refractivity contribution in [3.63, 3.8) is 0 Å². The number of hydrogen-bond donors (Lipinski definition) is 1. The lowest BCUT2D eigenvalue weighted by Crippen LogP contribution is -2.30. The molecule has 32 heavy (non-hydrogen) atoms. The third-order valence-corrected chi connectivity index (χ3v) is 8.10. The second kappa shape index (κ2) is 6.94. The van der Waals surface area contributed by atoms with E-state index < -0.39 is 0 Å². The number of allylic oxidation sites excluding steroid dienone is 4. The first kappa shape index (κ1) is 21.2. The van der Waals surface area contributed by atoms with E-state index >= 15 is 0 Å². The van der Waals surface area contributed by atoms with Gasteiger partial charge in [0.25, 0.3) is 0 Å². The van der Waals surface area contributed by atoms with E-state index in [-0.39, 0.29) is 27.8 Å². The van der Waals surface area contributed by atoms with Crippen LogP contribution >= 0.6 is 0 Å². The van der Waals surface area contributed by atoms with Gasteiger partial charge in [-0.15, -0.1) is 0 Å². The highest BCUT2D eigenvalue weighted by atomic mass is 16.3. The minimum atomic E-state index is 0.0385. The number of Topliss-reactive ketones (excluding diaryl/α,β-unsaturated/α-hetero) is 1. The number of ketones is 1. The monoisotopic (exact) mass is 426 g/mol. The molecule has 1 N–H and O–H groups in total. The normalized spacial score (nSPS) is 22.2. The van der Waals surface area contributed by atoms with E-state index in [1.165, 1.54) is 40.7 Å². The summed E-state index contributed by atoms with van der Waals surface area (Å²) in [6.45, 7) is 11.5. The van der Waals surface area contributed by atoms with Gasteiger partial charge < -0.3 is 5.11 Å². The molecule has 2 nitrogen and oxygen atoms in total. The summed E-state index contributed by atoms with van der Waals surface area (Å²) in [5, 5.41) is 10.0. The fraction of sp³-hybridized carbons (Fsp3) is 0.433. The minimum absolute atomic E-state index is 0.0385. The highest BCUT2D eigenvalue weighted by Crippen LogP contribution is 2.56. The lowest BCUT2D eigenvalue weighted by molar-refractivity contribution is -0.115. The molecule has 0 radical (unpaired) electrons. The van der Waals surface area contributed by atoms with Crippen LogP contribution in [0.2, 0.25) is 0 Å². The van der Waals surface area contributed by atoms with Crippen LogP contribution in [0.1, 0.15) is 86.8 Å². The Labute approximate surface area is 192 Å². The van der Waals surface area contributed by atoms with E-state index in [0.29, 0.717) is 24.8 Å². The molecule has 0 saturated heterocycles. The van der Waals surface area contributed by atoms with Gasteiger partial charge in [0.2, 0.25) is 0 Å². The van der Waals surface area contributed by atoms with E-state index in [9.17, 15) is 9.90 Å². The van der Waals surface area contributed by atoms with Gasteiger partial charge in [0, 0.05) is 41.1 Å². The van der Waals surface area contributed by atoms with Gasteiger partial charge >= 0.3 is 0 Å². The van der Waals surface area contributed by atoms with Crippen molar-refractivity contribution in [1.82, 2.24) is 0 Å². The average molecular weight is 427 g/mol. The summed E-state index contributed by atoms with van der Waals surface area (Å²) in [5.41, 5.74) is 9.01. The Bertz CT molecular complexity index is 1170. The van der Waals surface area contributed by atoms with E-state index in [1.54, 1.807) is 0 Å². The molecule has 3 aliphatic rings. The molecule has 0 aromatic heterocycles. The predicted molar refractivity (Wildman–Crippen MR) is 130 cm³/mol. The number of aryl methyl sites for hydroxylation is 1. The molecule has 0 bridgehead atoms. The van der Waals surface area contributed by atoms with Crippen molar-refractivity contribution < 1.29 is 9.90 Å². The quantitative estimate of drug-likeness (QED) is 0.539. The fourth-order valence-electron chi connectivity index (χ4n) is 5.77. The molecule has 3 aliphatic carbocycles. The second-order valence-corrected chi connectivity index (χ2v) is 11.3. The molecule has 0 heterocycles. The largest absolute Gasteiger partial charge is 0.512 e. The molecule has 1 saturated carbocycles. The van der Waals surface area contributed by atoms with Crippen LogP contribution < -0.4 is 0 Å². The molecule has 1 fully saturated rings. The lowest BCUT2D eigenvalue weighted by atomic mass is 9.66. The minimum Gasteiger partial charge on any atom is -0.512 e. The highest BCUT2D eigenvalue weighted by Gasteiger charge is 2.47. The third kappa shape index (κ3) is 3.27. The number of hydrogen-bond acceptors (Lipinski definition) is 2. The number of carbonyl (C=O) groups excluding carboxylic acids is 1. The summed E-state index contributed by atoms with van der Waals surface area (Å²) in [4.78, 5) is 12.0. The first-order chi connectivity index (χ1) is 15.0. The van der Waals surface area contributed by atoms with Crippen LogP contribution in [0.5, 0.6) is 0 Å². The summed E-state index contributed by atoms with van der Waals surface area (Å²) < 4.78 is 0. The van der Waals surface area contributed by atoms with Gasteiger partial charge in [0.1, 0.15) is 0 Å². The lowest BCUT2D eigenvalue weighted by Gasteiger charge is -2.38. The number of rotatable bonds is 4. The van der Waals surface area contributed by atoms with Crippen LogP contribution in [0.25, 0.3) is 0 Å². The smallest absolute Gasteiger partial charge is 0.162 e. The van der Waals surface area contributed by atoms with Crippen molar-refractivity contribution in [1.29, 1.82) is 0 Å². The molecule has 2 aromatic rings. The van der Waals surface area contributed by atoms with Gasteiger partial charge in [-0.3, -0.25) is 4.79 Å². The van der Waals surface area contributed by atoms with Crippen LogP contribution in [0.4, 0.5) is 0 Å². The Hall–Kier alpha value is -2.61. The Morgan fingerprint density at radius 1 is 0.844 bits per heavy atom. The molecule has 0 unspecified atom stereocenters. The van der Waals surface area contributed by atoms with Crippen LogP contribution in [0, 0.1) is 6.92 Å². The molecular weight excluding hydrogens is 392 g/mol. The summed E-state index contributed by atoms with van der Waals surface area (Å²) in [6, 6.07) is 13.7. The second-order valence-electron chi connectivity index (χ2n) is 11.3. The van der Waals surface area contributed by atoms with Crippen molar-refractivity contribution in [2.75, 3.05) is 0 Å². The van der Waals surface area contributed by atoms with Crippen LogP contribution in [0.15, 0.2) is 59.9 Å². The molecule has 0 amide bonds. The summed E-state index contributed by atoms with van der Waals surface area (Å²) >= 11 is 0. The van der Waals surface area contributed by atoms with E-state index in [2.05, 4.69) is 83.2 Å². The first-order valence-corrected chi connectivity index (χ1v) is 11.9. The Kier molecular flexibility index (Phi) is 4.61. The zero-order valence-corrected chi connectivity index (χ0v) is 20.0. The third-order valence-electron chi connectivity index (χ3n) is 8.10. The zero-order chi connectivity index (χ0) is 22.9. The maximum atomic E-state index is 12.0. The highest BCUT2D eigenvalue weighted by molar-refractivity contribution is 5.98. The number of aliphatic hydroxyl groups excluding tert-OH is 1. The molecule has 166 valence electrons. The van der Waals surface area contributed by atoms with Crippen molar-refractivity contribution in [2.45, 2.75) is 83.0 Å². The van der Waals surface area contributed by atoms with Gasteiger partial charge in [0.05, 0.1) is 5.76 Å². The van der Waals surface area contributed by atoms with Gasteiger partial charge in [-0.05, 0) is 53.1 Å². The van der Waals surface area contributed by atoms with Crippen LogP contribution in [-0.2, 0) is 27.5 Å². The standard InChI is InChI=1S/C30H34O2/c1-19-16-24-25(29(4,5)13-12-28(24,2)3)18-23(19)30(14-15-30)21-8-6-20(7-9-21)17-22-26(31)10-11-27(22)32/h6-9,12-13,16,18,31H,10-11,14-15,17H2,1-5H3.